The maximum Gasteiger partial charge on any atom is 0.416 e. The van der Waals surface area contributed by atoms with Gasteiger partial charge < -0.3 is 5.32 Å². The summed E-state index contributed by atoms with van der Waals surface area (Å²) in [5, 5.41) is 12.2. The molecule has 0 saturated heterocycles. The molecular weight excluding hydrogens is 337 g/mol. The highest BCUT2D eigenvalue weighted by molar-refractivity contribution is 6.00. The van der Waals surface area contributed by atoms with Gasteiger partial charge in [0.2, 0.25) is 5.82 Å². The molecule has 2 aromatic carbocycles. The number of aromatic nitrogens is 2. The second-order valence-corrected chi connectivity index (χ2v) is 4.98. The van der Waals surface area contributed by atoms with Gasteiger partial charge in [-0.2, -0.15) is 13.2 Å². The van der Waals surface area contributed by atoms with Crippen LogP contribution in [0.4, 0.5) is 29.5 Å². The summed E-state index contributed by atoms with van der Waals surface area (Å²) < 4.78 is 42.2. The van der Waals surface area contributed by atoms with E-state index >= 15 is 0 Å². The Bertz CT molecular complexity index is 861. The Hall–Kier alpha value is -3.36. The van der Waals surface area contributed by atoms with Crippen molar-refractivity contribution in [1.82, 2.24) is 10.3 Å². The van der Waals surface area contributed by atoms with Crippen LogP contribution in [-0.2, 0) is 6.18 Å². The summed E-state index contributed by atoms with van der Waals surface area (Å²) in [6.07, 6.45) is -4.43. The topological polar surface area (TPSA) is 80.0 Å². The molecule has 9 heteroatoms. The van der Waals surface area contributed by atoms with Crippen LogP contribution in [0.3, 0.4) is 0 Å². The molecule has 1 heterocycles. The molecular formula is C16H11F3N4O2. The smallest absolute Gasteiger partial charge is 0.308 e. The number of rotatable bonds is 3. The average molecular weight is 348 g/mol. The van der Waals surface area contributed by atoms with Crippen molar-refractivity contribution >= 4 is 17.5 Å². The minimum Gasteiger partial charge on any atom is -0.308 e. The van der Waals surface area contributed by atoms with E-state index in [9.17, 15) is 18.0 Å². The standard InChI is InChI=1S/C16H11F3N4O2/c17-16(18,19)11-6-8-12(9-7-11)20-15(24)21-14-13(22-25-23-14)10-4-2-1-3-5-10/h1-9H,(H2,20,21,23,24). The summed E-state index contributed by atoms with van der Waals surface area (Å²) in [5.41, 5.74) is 0.422. The molecule has 3 rings (SSSR count). The fourth-order valence-electron chi connectivity index (χ4n) is 2.07. The second-order valence-electron chi connectivity index (χ2n) is 4.98. The van der Waals surface area contributed by atoms with Crippen LogP contribution in [0.1, 0.15) is 5.56 Å². The zero-order valence-electron chi connectivity index (χ0n) is 12.5. The zero-order chi connectivity index (χ0) is 17.9. The molecule has 6 nitrogen and oxygen atoms in total. The Labute approximate surface area is 139 Å². The lowest BCUT2D eigenvalue weighted by molar-refractivity contribution is -0.137. The first-order valence-electron chi connectivity index (χ1n) is 7.07. The van der Waals surface area contributed by atoms with E-state index in [1.807, 2.05) is 6.07 Å². The highest BCUT2D eigenvalue weighted by atomic mass is 19.4. The lowest BCUT2D eigenvalue weighted by Crippen LogP contribution is -2.20. The van der Waals surface area contributed by atoms with Crippen LogP contribution in [0.25, 0.3) is 11.3 Å². The van der Waals surface area contributed by atoms with E-state index in [2.05, 4.69) is 25.6 Å². The lowest BCUT2D eigenvalue weighted by Gasteiger charge is -2.09. The van der Waals surface area contributed by atoms with Crippen LogP contribution >= 0.6 is 0 Å². The van der Waals surface area contributed by atoms with Gasteiger partial charge in [-0.1, -0.05) is 30.3 Å². The van der Waals surface area contributed by atoms with E-state index in [1.165, 1.54) is 0 Å². The third-order valence-corrected chi connectivity index (χ3v) is 3.24. The van der Waals surface area contributed by atoms with E-state index in [1.54, 1.807) is 24.3 Å². The van der Waals surface area contributed by atoms with Gasteiger partial charge in [-0.25, -0.2) is 9.42 Å². The van der Waals surface area contributed by atoms with Gasteiger partial charge >= 0.3 is 12.2 Å². The predicted molar refractivity (Wildman–Crippen MR) is 83.8 cm³/mol. The van der Waals surface area contributed by atoms with E-state index < -0.39 is 17.8 Å². The Balaban J connectivity index is 1.69. The van der Waals surface area contributed by atoms with Crippen LogP contribution in [0.5, 0.6) is 0 Å². The number of nitrogens with one attached hydrogen (secondary N) is 2. The third kappa shape index (κ3) is 3.94. The fourth-order valence-corrected chi connectivity index (χ4v) is 2.07. The van der Waals surface area contributed by atoms with E-state index in [0.717, 1.165) is 24.3 Å². The van der Waals surface area contributed by atoms with Crippen LogP contribution in [0.2, 0.25) is 0 Å². The van der Waals surface area contributed by atoms with E-state index in [4.69, 9.17) is 0 Å². The van der Waals surface area contributed by atoms with Crippen LogP contribution in [0.15, 0.2) is 59.2 Å². The number of carbonyl (C=O) groups excluding carboxylic acids is 1. The number of hydrogen-bond acceptors (Lipinski definition) is 4. The van der Waals surface area contributed by atoms with Crippen molar-refractivity contribution in [3.05, 3.63) is 60.2 Å². The van der Waals surface area contributed by atoms with Crippen molar-refractivity contribution < 1.29 is 22.6 Å². The number of nitrogens with zero attached hydrogens (tertiary/aromatic N) is 2. The normalized spacial score (nSPS) is 11.2. The van der Waals surface area contributed by atoms with Crippen molar-refractivity contribution in [3.63, 3.8) is 0 Å². The van der Waals surface area contributed by atoms with Crippen molar-refractivity contribution in [2.24, 2.45) is 0 Å². The molecule has 0 unspecified atom stereocenters. The molecule has 0 aliphatic rings. The third-order valence-electron chi connectivity index (χ3n) is 3.24. The molecule has 0 bridgehead atoms. The molecule has 2 N–H and O–H groups in total. The molecule has 0 fully saturated rings. The zero-order valence-corrected chi connectivity index (χ0v) is 12.5. The molecule has 128 valence electrons. The highest BCUT2D eigenvalue weighted by Gasteiger charge is 2.30. The number of urea groups is 1. The summed E-state index contributed by atoms with van der Waals surface area (Å²) in [4.78, 5) is 12.0. The van der Waals surface area contributed by atoms with E-state index in [-0.39, 0.29) is 11.5 Å². The van der Waals surface area contributed by atoms with Crippen molar-refractivity contribution in [3.8, 4) is 11.3 Å². The molecule has 0 atom stereocenters. The fraction of sp³-hybridized carbons (Fsp3) is 0.0625. The van der Waals surface area contributed by atoms with Crippen molar-refractivity contribution in [2.75, 3.05) is 10.6 Å². The van der Waals surface area contributed by atoms with Crippen LogP contribution in [-0.4, -0.2) is 16.3 Å². The average Bonchev–Trinajstić information content (AvgIpc) is 3.03. The molecule has 0 spiro atoms. The Morgan fingerprint density at radius 2 is 1.60 bits per heavy atom. The van der Waals surface area contributed by atoms with Crippen LogP contribution in [0, 0.1) is 0 Å². The molecule has 1 aromatic heterocycles. The number of carbonyl (C=O) groups is 1. The van der Waals surface area contributed by atoms with Crippen LogP contribution < -0.4 is 10.6 Å². The second kappa shape index (κ2) is 6.63. The first-order valence-corrected chi connectivity index (χ1v) is 7.07. The van der Waals surface area contributed by atoms with E-state index in [0.29, 0.717) is 11.3 Å². The summed E-state index contributed by atoms with van der Waals surface area (Å²) >= 11 is 0. The Kier molecular flexibility index (Phi) is 4.38. The van der Waals surface area contributed by atoms with Crippen molar-refractivity contribution in [1.29, 1.82) is 0 Å². The summed E-state index contributed by atoms with van der Waals surface area (Å²) in [7, 11) is 0. The Morgan fingerprint density at radius 3 is 2.24 bits per heavy atom. The molecule has 25 heavy (non-hydrogen) atoms. The molecule has 3 aromatic rings. The van der Waals surface area contributed by atoms with Gasteiger partial charge in [0.05, 0.1) is 5.56 Å². The first kappa shape index (κ1) is 16.5. The van der Waals surface area contributed by atoms with Gasteiger partial charge in [0.15, 0.2) is 5.69 Å². The number of halogens is 3. The van der Waals surface area contributed by atoms with Gasteiger partial charge in [-0.3, -0.25) is 5.32 Å². The molecule has 0 aliphatic carbocycles. The minimum absolute atomic E-state index is 0.0932. The molecule has 2 amide bonds. The largest absolute Gasteiger partial charge is 0.416 e. The van der Waals surface area contributed by atoms with Gasteiger partial charge in [0, 0.05) is 11.3 Å². The minimum atomic E-state index is -4.43. The number of anilines is 2. The van der Waals surface area contributed by atoms with Gasteiger partial charge in [0.1, 0.15) is 0 Å². The quantitative estimate of drug-likeness (QED) is 0.735. The monoisotopic (exact) mass is 348 g/mol. The molecule has 0 aliphatic heterocycles. The number of benzene rings is 2. The molecule has 0 radical (unpaired) electrons. The number of amides is 2. The SMILES string of the molecule is O=C(Nc1ccc(C(F)(F)F)cc1)Nc1nonc1-c1ccccc1. The van der Waals surface area contributed by atoms with Gasteiger partial charge in [0.25, 0.3) is 0 Å². The maximum atomic E-state index is 12.5. The van der Waals surface area contributed by atoms with Gasteiger partial charge in [-0.05, 0) is 34.6 Å². The van der Waals surface area contributed by atoms with Crippen molar-refractivity contribution in [2.45, 2.75) is 6.18 Å². The highest BCUT2D eigenvalue weighted by Crippen LogP contribution is 2.30. The number of alkyl halides is 3. The first-order chi connectivity index (χ1) is 11.9. The maximum absolute atomic E-state index is 12.5. The Morgan fingerprint density at radius 1 is 0.920 bits per heavy atom. The van der Waals surface area contributed by atoms with Gasteiger partial charge in [-0.15, -0.1) is 0 Å². The lowest BCUT2D eigenvalue weighted by atomic mass is 10.1. The number of hydrogen-bond donors (Lipinski definition) is 2. The summed E-state index contributed by atoms with van der Waals surface area (Å²) in [6.45, 7) is 0. The molecule has 0 saturated carbocycles. The summed E-state index contributed by atoms with van der Waals surface area (Å²) in [5.74, 6) is 0.0932. The predicted octanol–water partition coefficient (Wildman–Crippen LogP) is 4.40. The summed E-state index contributed by atoms with van der Waals surface area (Å²) in [6, 6.07) is 12.3.